The number of alkyl halides is 2. The van der Waals surface area contributed by atoms with Gasteiger partial charge in [-0.25, -0.2) is 0 Å². The Bertz CT molecular complexity index is 462. The number of anilines is 1. The summed E-state index contributed by atoms with van der Waals surface area (Å²) >= 11 is 0. The third-order valence-electron chi connectivity index (χ3n) is 3.20. The van der Waals surface area contributed by atoms with E-state index in [4.69, 9.17) is 5.73 Å². The van der Waals surface area contributed by atoms with Gasteiger partial charge < -0.3 is 15.8 Å². The number of ether oxygens (including phenoxy) is 1. The fourth-order valence-electron chi connectivity index (χ4n) is 2.08. The van der Waals surface area contributed by atoms with E-state index in [1.165, 1.54) is 18.2 Å². The summed E-state index contributed by atoms with van der Waals surface area (Å²) in [7, 11) is 0. The van der Waals surface area contributed by atoms with Gasteiger partial charge in [-0.1, -0.05) is 6.07 Å². The van der Waals surface area contributed by atoms with Gasteiger partial charge in [0.1, 0.15) is 5.75 Å². The van der Waals surface area contributed by atoms with E-state index in [9.17, 15) is 13.6 Å². The zero-order valence-electron chi connectivity index (χ0n) is 10.4. The molecule has 0 radical (unpaired) electrons. The van der Waals surface area contributed by atoms with Gasteiger partial charge in [-0.05, 0) is 31.4 Å². The van der Waals surface area contributed by atoms with Crippen molar-refractivity contribution in [2.75, 3.05) is 5.32 Å². The number of hydrogen-bond donors (Lipinski definition) is 2. The summed E-state index contributed by atoms with van der Waals surface area (Å²) in [5.41, 5.74) is 5.99. The second kappa shape index (κ2) is 5.52. The van der Waals surface area contributed by atoms with Crippen molar-refractivity contribution in [3.63, 3.8) is 0 Å². The van der Waals surface area contributed by atoms with Crippen LogP contribution in [0.3, 0.4) is 0 Å². The summed E-state index contributed by atoms with van der Waals surface area (Å²) in [4.78, 5) is 11.8. The van der Waals surface area contributed by atoms with E-state index in [1.807, 2.05) is 0 Å². The Kier molecular flexibility index (Phi) is 3.99. The first-order valence-corrected chi connectivity index (χ1v) is 6.10. The Balaban J connectivity index is 1.92. The monoisotopic (exact) mass is 270 g/mol. The van der Waals surface area contributed by atoms with Crippen LogP contribution in [0.15, 0.2) is 24.3 Å². The van der Waals surface area contributed by atoms with Crippen LogP contribution in [0.1, 0.15) is 25.7 Å². The Morgan fingerprint density at radius 2 is 2.21 bits per heavy atom. The lowest BCUT2D eigenvalue weighted by atomic mass is 9.75. The molecule has 4 nitrogen and oxygen atoms in total. The minimum Gasteiger partial charge on any atom is -0.435 e. The molecule has 0 bridgehead atoms. The van der Waals surface area contributed by atoms with Gasteiger partial charge in [0.05, 0.1) is 0 Å². The van der Waals surface area contributed by atoms with Crippen molar-refractivity contribution in [1.29, 1.82) is 0 Å². The van der Waals surface area contributed by atoms with Gasteiger partial charge in [0.15, 0.2) is 0 Å². The molecule has 6 heteroatoms. The molecule has 1 aliphatic rings. The third kappa shape index (κ3) is 3.89. The summed E-state index contributed by atoms with van der Waals surface area (Å²) in [5, 5.41) is 2.64. The van der Waals surface area contributed by atoms with Crippen LogP contribution < -0.4 is 15.8 Å². The first kappa shape index (κ1) is 13.7. The van der Waals surface area contributed by atoms with Crippen molar-refractivity contribution in [2.24, 2.45) is 5.73 Å². The summed E-state index contributed by atoms with van der Waals surface area (Å²) < 4.78 is 28.4. The molecule has 0 atom stereocenters. The van der Waals surface area contributed by atoms with Crippen LogP contribution in [0.5, 0.6) is 5.75 Å². The number of halogens is 2. The first-order chi connectivity index (χ1) is 8.97. The van der Waals surface area contributed by atoms with Crippen LogP contribution >= 0.6 is 0 Å². The molecule has 0 saturated heterocycles. The number of rotatable bonds is 5. The van der Waals surface area contributed by atoms with E-state index in [0.717, 1.165) is 19.3 Å². The predicted molar refractivity (Wildman–Crippen MR) is 67.1 cm³/mol. The fraction of sp³-hybridized carbons (Fsp3) is 0.462. The molecule has 1 saturated carbocycles. The van der Waals surface area contributed by atoms with Crippen LogP contribution in [0.25, 0.3) is 0 Å². The number of amides is 1. The standard InChI is InChI=1S/C13H16F2N2O2/c14-12(15)19-10-4-1-3-9(7-10)17-11(18)8-13(16)5-2-6-13/h1,3-4,7,12H,2,5-6,8,16H2,(H,17,18). The molecule has 1 amide bonds. The van der Waals surface area contributed by atoms with E-state index in [2.05, 4.69) is 10.1 Å². The van der Waals surface area contributed by atoms with E-state index in [1.54, 1.807) is 6.07 Å². The van der Waals surface area contributed by atoms with Gasteiger partial charge in [0, 0.05) is 23.7 Å². The predicted octanol–water partition coefficient (Wildman–Crippen LogP) is 2.50. The van der Waals surface area contributed by atoms with Crippen molar-refractivity contribution in [3.8, 4) is 5.75 Å². The molecule has 19 heavy (non-hydrogen) atoms. The number of carbonyl (C=O) groups excluding carboxylic acids is 1. The van der Waals surface area contributed by atoms with Crippen LogP contribution in [-0.4, -0.2) is 18.1 Å². The van der Waals surface area contributed by atoms with Crippen molar-refractivity contribution < 1.29 is 18.3 Å². The lowest BCUT2D eigenvalue weighted by molar-refractivity contribution is -0.118. The molecule has 104 valence electrons. The van der Waals surface area contributed by atoms with Gasteiger partial charge in [-0.3, -0.25) is 4.79 Å². The largest absolute Gasteiger partial charge is 0.435 e. The summed E-state index contributed by atoms with van der Waals surface area (Å²) in [6, 6.07) is 5.90. The SMILES string of the molecule is NC1(CC(=O)Nc2cccc(OC(F)F)c2)CCC1. The topological polar surface area (TPSA) is 64.4 Å². The maximum absolute atomic E-state index is 12.1. The number of nitrogens with one attached hydrogen (secondary N) is 1. The lowest BCUT2D eigenvalue weighted by Gasteiger charge is -2.37. The molecule has 0 spiro atoms. The van der Waals surface area contributed by atoms with Crippen LogP contribution in [-0.2, 0) is 4.79 Å². The highest BCUT2D eigenvalue weighted by molar-refractivity contribution is 5.91. The lowest BCUT2D eigenvalue weighted by Crippen LogP contribution is -2.48. The smallest absolute Gasteiger partial charge is 0.387 e. The first-order valence-electron chi connectivity index (χ1n) is 6.10. The molecule has 0 aromatic heterocycles. The second-order valence-electron chi connectivity index (χ2n) is 4.85. The molecular formula is C13H16F2N2O2. The highest BCUT2D eigenvalue weighted by atomic mass is 19.3. The summed E-state index contributed by atoms with van der Waals surface area (Å²) in [6.07, 6.45) is 2.97. The van der Waals surface area contributed by atoms with Crippen molar-refractivity contribution >= 4 is 11.6 Å². The summed E-state index contributed by atoms with van der Waals surface area (Å²) in [5.74, 6) is -0.199. The maximum atomic E-state index is 12.1. The van der Waals surface area contributed by atoms with Crippen molar-refractivity contribution in [2.45, 2.75) is 37.8 Å². The van der Waals surface area contributed by atoms with E-state index in [0.29, 0.717) is 5.69 Å². The van der Waals surface area contributed by atoms with E-state index in [-0.39, 0.29) is 18.1 Å². The second-order valence-corrected chi connectivity index (χ2v) is 4.85. The van der Waals surface area contributed by atoms with Gasteiger partial charge in [0.25, 0.3) is 0 Å². The molecule has 0 aliphatic heterocycles. The van der Waals surface area contributed by atoms with E-state index >= 15 is 0 Å². The highest BCUT2D eigenvalue weighted by Gasteiger charge is 2.34. The molecule has 1 fully saturated rings. The van der Waals surface area contributed by atoms with Crippen LogP contribution in [0.4, 0.5) is 14.5 Å². The molecular weight excluding hydrogens is 254 g/mol. The minimum atomic E-state index is -2.88. The van der Waals surface area contributed by atoms with Gasteiger partial charge in [-0.15, -0.1) is 0 Å². The van der Waals surface area contributed by atoms with Gasteiger partial charge in [-0.2, -0.15) is 8.78 Å². The molecule has 0 heterocycles. The van der Waals surface area contributed by atoms with Gasteiger partial charge in [0.2, 0.25) is 5.91 Å². The van der Waals surface area contributed by atoms with Crippen LogP contribution in [0, 0.1) is 0 Å². The Morgan fingerprint density at radius 1 is 1.47 bits per heavy atom. The van der Waals surface area contributed by atoms with Gasteiger partial charge >= 0.3 is 6.61 Å². The molecule has 1 aromatic carbocycles. The van der Waals surface area contributed by atoms with Crippen LogP contribution in [0.2, 0.25) is 0 Å². The van der Waals surface area contributed by atoms with Crippen molar-refractivity contribution in [1.82, 2.24) is 0 Å². The number of carbonyl (C=O) groups is 1. The summed E-state index contributed by atoms with van der Waals surface area (Å²) in [6.45, 7) is -2.88. The minimum absolute atomic E-state index is 0.0129. The zero-order chi connectivity index (χ0) is 13.9. The fourth-order valence-corrected chi connectivity index (χ4v) is 2.08. The normalized spacial score (nSPS) is 16.8. The van der Waals surface area contributed by atoms with Crippen molar-refractivity contribution in [3.05, 3.63) is 24.3 Å². The highest BCUT2D eigenvalue weighted by Crippen LogP contribution is 2.32. The molecule has 3 N–H and O–H groups in total. The quantitative estimate of drug-likeness (QED) is 0.864. The number of benzene rings is 1. The molecule has 1 aromatic rings. The average Bonchev–Trinajstić information content (AvgIpc) is 2.26. The Morgan fingerprint density at radius 3 is 2.79 bits per heavy atom. The third-order valence-corrected chi connectivity index (χ3v) is 3.20. The number of hydrogen-bond acceptors (Lipinski definition) is 3. The molecule has 1 aliphatic carbocycles. The molecule has 2 rings (SSSR count). The van der Waals surface area contributed by atoms with E-state index < -0.39 is 12.2 Å². The zero-order valence-corrected chi connectivity index (χ0v) is 10.4. The number of nitrogens with two attached hydrogens (primary N) is 1. The Hall–Kier alpha value is -1.69. The maximum Gasteiger partial charge on any atom is 0.387 e. The Labute approximate surface area is 109 Å². The molecule has 0 unspecified atom stereocenters. The average molecular weight is 270 g/mol.